The molecule has 84 valence electrons. The molecule has 0 amide bonds. The molecule has 17 heavy (non-hydrogen) atoms. The number of fused-ring (bicyclic) bond motifs is 1. The maximum Gasteiger partial charge on any atom is 0.0949 e. The van der Waals surface area contributed by atoms with E-state index in [1.54, 1.807) is 0 Å². The van der Waals surface area contributed by atoms with Crippen LogP contribution in [0.5, 0.6) is 0 Å². The van der Waals surface area contributed by atoms with Crippen LogP contribution in [0.25, 0.3) is 0 Å². The summed E-state index contributed by atoms with van der Waals surface area (Å²) in [5.74, 6) is 0.316. The molecule has 1 heterocycles. The second kappa shape index (κ2) is 4.06. The van der Waals surface area contributed by atoms with Gasteiger partial charge in [0, 0.05) is 24.7 Å². The standard InChI is InChI=1S/C15H14N2/c1-17-10-14-13(12-6-3-2-4-7-12)8-5-9-15(14)16-11-17/h2-11,13H,1H3. The summed E-state index contributed by atoms with van der Waals surface area (Å²) in [6.07, 6.45) is 10.4. The van der Waals surface area contributed by atoms with Crippen LogP contribution in [0, 0.1) is 0 Å². The Labute approximate surface area is 101 Å². The lowest BCUT2D eigenvalue weighted by atomic mass is 9.86. The molecule has 0 bridgehead atoms. The molecule has 1 aliphatic heterocycles. The molecule has 2 aliphatic rings. The third kappa shape index (κ3) is 1.82. The van der Waals surface area contributed by atoms with Crippen LogP contribution in [0.1, 0.15) is 11.5 Å². The predicted octanol–water partition coefficient (Wildman–Crippen LogP) is 3.08. The molecule has 0 aromatic heterocycles. The monoisotopic (exact) mass is 222 g/mol. The zero-order chi connectivity index (χ0) is 11.7. The van der Waals surface area contributed by atoms with Crippen LogP contribution < -0.4 is 0 Å². The van der Waals surface area contributed by atoms with E-state index in [0.717, 1.165) is 5.70 Å². The molecule has 0 radical (unpaired) electrons. The van der Waals surface area contributed by atoms with E-state index < -0.39 is 0 Å². The largest absolute Gasteiger partial charge is 0.342 e. The molecule has 2 heteroatoms. The van der Waals surface area contributed by atoms with Gasteiger partial charge in [0.15, 0.2) is 0 Å². The Morgan fingerprint density at radius 1 is 1.18 bits per heavy atom. The molecule has 1 aromatic rings. The quantitative estimate of drug-likeness (QED) is 0.713. The van der Waals surface area contributed by atoms with E-state index in [9.17, 15) is 0 Å². The molecule has 1 atom stereocenters. The lowest BCUT2D eigenvalue weighted by Crippen LogP contribution is -2.17. The maximum atomic E-state index is 4.45. The molecule has 0 spiro atoms. The highest BCUT2D eigenvalue weighted by Gasteiger charge is 2.21. The lowest BCUT2D eigenvalue weighted by molar-refractivity contribution is 0.679. The van der Waals surface area contributed by atoms with E-state index in [2.05, 4.69) is 53.7 Å². The summed E-state index contributed by atoms with van der Waals surface area (Å²) in [6, 6.07) is 10.5. The number of hydrogen-bond donors (Lipinski definition) is 0. The van der Waals surface area contributed by atoms with Gasteiger partial charge < -0.3 is 4.90 Å². The summed E-state index contributed by atoms with van der Waals surface area (Å²) < 4.78 is 0. The minimum Gasteiger partial charge on any atom is -0.342 e. The molecule has 0 saturated carbocycles. The zero-order valence-corrected chi connectivity index (χ0v) is 9.75. The van der Waals surface area contributed by atoms with Gasteiger partial charge in [-0.1, -0.05) is 42.5 Å². The Kier molecular flexibility index (Phi) is 2.41. The van der Waals surface area contributed by atoms with Crippen LogP contribution in [0.4, 0.5) is 0 Å². The summed E-state index contributed by atoms with van der Waals surface area (Å²) in [5.41, 5.74) is 3.65. The molecule has 1 aliphatic carbocycles. The van der Waals surface area contributed by atoms with Crippen LogP contribution in [-0.2, 0) is 0 Å². The van der Waals surface area contributed by atoms with Crippen molar-refractivity contribution in [2.75, 3.05) is 7.05 Å². The summed E-state index contributed by atoms with van der Waals surface area (Å²) in [4.78, 5) is 6.45. The van der Waals surface area contributed by atoms with Crippen molar-refractivity contribution in [3.8, 4) is 0 Å². The van der Waals surface area contributed by atoms with Gasteiger partial charge in [0.2, 0.25) is 0 Å². The average molecular weight is 222 g/mol. The fourth-order valence-corrected chi connectivity index (χ4v) is 2.24. The number of allylic oxidation sites excluding steroid dienone is 4. The Hall–Kier alpha value is -2.09. The number of hydrogen-bond acceptors (Lipinski definition) is 2. The van der Waals surface area contributed by atoms with E-state index in [1.165, 1.54) is 11.1 Å². The Bertz CT molecular complexity index is 535. The lowest BCUT2D eigenvalue weighted by Gasteiger charge is -2.25. The molecule has 3 rings (SSSR count). The molecule has 1 unspecified atom stereocenters. The summed E-state index contributed by atoms with van der Waals surface area (Å²) in [7, 11) is 2.01. The third-order valence-corrected chi connectivity index (χ3v) is 3.07. The van der Waals surface area contributed by atoms with Gasteiger partial charge in [-0.25, -0.2) is 4.99 Å². The normalized spacial score (nSPS) is 21.9. The van der Waals surface area contributed by atoms with E-state index >= 15 is 0 Å². The number of nitrogens with zero attached hydrogens (tertiary/aromatic N) is 2. The van der Waals surface area contributed by atoms with Crippen LogP contribution >= 0.6 is 0 Å². The predicted molar refractivity (Wildman–Crippen MR) is 70.7 cm³/mol. The fourth-order valence-electron chi connectivity index (χ4n) is 2.24. The second-order valence-electron chi connectivity index (χ2n) is 4.32. The molecule has 0 fully saturated rings. The minimum absolute atomic E-state index is 0.316. The van der Waals surface area contributed by atoms with Crippen molar-refractivity contribution in [2.24, 2.45) is 4.99 Å². The summed E-state index contributed by atoms with van der Waals surface area (Å²) >= 11 is 0. The van der Waals surface area contributed by atoms with Gasteiger partial charge in [-0.3, -0.25) is 0 Å². The topological polar surface area (TPSA) is 15.6 Å². The van der Waals surface area contributed by atoms with Gasteiger partial charge in [0.05, 0.1) is 12.0 Å². The van der Waals surface area contributed by atoms with Crippen LogP contribution in [0.15, 0.2) is 71.0 Å². The van der Waals surface area contributed by atoms with E-state index in [-0.39, 0.29) is 0 Å². The van der Waals surface area contributed by atoms with Crippen LogP contribution in [0.3, 0.4) is 0 Å². The second-order valence-corrected chi connectivity index (χ2v) is 4.32. The Morgan fingerprint density at radius 2 is 2.00 bits per heavy atom. The van der Waals surface area contributed by atoms with Gasteiger partial charge >= 0.3 is 0 Å². The van der Waals surface area contributed by atoms with Crippen molar-refractivity contribution < 1.29 is 0 Å². The first-order valence-electron chi connectivity index (χ1n) is 5.76. The van der Waals surface area contributed by atoms with Gasteiger partial charge in [-0.15, -0.1) is 0 Å². The molecule has 0 saturated heterocycles. The van der Waals surface area contributed by atoms with Gasteiger partial charge in [-0.05, 0) is 11.6 Å². The first-order valence-corrected chi connectivity index (χ1v) is 5.76. The molecule has 0 N–H and O–H groups in total. The number of rotatable bonds is 1. The molecule has 1 aromatic carbocycles. The Balaban J connectivity index is 2.03. The third-order valence-electron chi connectivity index (χ3n) is 3.07. The van der Waals surface area contributed by atoms with E-state index in [0.29, 0.717) is 5.92 Å². The highest BCUT2D eigenvalue weighted by atomic mass is 15.1. The van der Waals surface area contributed by atoms with Crippen molar-refractivity contribution >= 4 is 6.34 Å². The van der Waals surface area contributed by atoms with Crippen molar-refractivity contribution in [3.05, 3.63) is 71.6 Å². The van der Waals surface area contributed by atoms with Crippen molar-refractivity contribution in [2.45, 2.75) is 5.92 Å². The minimum atomic E-state index is 0.316. The first-order chi connectivity index (χ1) is 8.34. The van der Waals surface area contributed by atoms with Crippen molar-refractivity contribution in [1.29, 1.82) is 0 Å². The van der Waals surface area contributed by atoms with Crippen molar-refractivity contribution in [1.82, 2.24) is 4.90 Å². The molecule has 2 nitrogen and oxygen atoms in total. The molecular formula is C15H14N2. The van der Waals surface area contributed by atoms with Gasteiger partial charge in [0.1, 0.15) is 0 Å². The first kappa shape index (κ1) is 10.1. The van der Waals surface area contributed by atoms with Crippen molar-refractivity contribution in [3.63, 3.8) is 0 Å². The van der Waals surface area contributed by atoms with Crippen LogP contribution in [0.2, 0.25) is 0 Å². The highest BCUT2D eigenvalue weighted by molar-refractivity contribution is 5.65. The number of benzene rings is 1. The zero-order valence-electron chi connectivity index (χ0n) is 9.75. The maximum absolute atomic E-state index is 4.45. The van der Waals surface area contributed by atoms with Gasteiger partial charge in [0.25, 0.3) is 0 Å². The summed E-state index contributed by atoms with van der Waals surface area (Å²) in [5, 5.41) is 0. The molecular weight excluding hydrogens is 208 g/mol. The van der Waals surface area contributed by atoms with Crippen LogP contribution in [-0.4, -0.2) is 18.3 Å². The van der Waals surface area contributed by atoms with E-state index in [4.69, 9.17) is 0 Å². The van der Waals surface area contributed by atoms with Gasteiger partial charge in [-0.2, -0.15) is 0 Å². The average Bonchev–Trinajstić information content (AvgIpc) is 2.39. The smallest absolute Gasteiger partial charge is 0.0949 e. The SMILES string of the molecule is CN1C=NC2=CC=CC(c3ccccc3)C2=C1. The summed E-state index contributed by atoms with van der Waals surface area (Å²) in [6.45, 7) is 0. The van der Waals surface area contributed by atoms with E-state index in [1.807, 2.05) is 24.4 Å². The fraction of sp³-hybridized carbons (Fsp3) is 0.133. The number of aliphatic imine (C=N–C) groups is 1. The highest BCUT2D eigenvalue weighted by Crippen LogP contribution is 2.35. The Morgan fingerprint density at radius 3 is 2.82 bits per heavy atom.